The summed E-state index contributed by atoms with van der Waals surface area (Å²) < 4.78 is 34.3. The number of ether oxygens (including phenoxy) is 2. The number of phosphoric ester groups is 1. The van der Waals surface area contributed by atoms with Crippen molar-refractivity contribution in [2.75, 3.05) is 47.5 Å². The van der Waals surface area contributed by atoms with Crippen LogP contribution in [0.1, 0.15) is 296 Å². The monoisotopic (exact) mass is 1240 g/mol. The molecule has 0 aromatic rings. The molecular formula is C78H134NO8P. The standard InChI is InChI=1S/C78H134NO8P/c1-6-8-10-12-14-16-18-20-22-24-26-28-30-32-34-35-36-37-38-39-40-41-42-43-45-47-49-51-53-55-57-59-61-63-65-67-69-71-78(81)87-76(75-86-88(82,83)85-73-72-79(3,4)5)74-84-77(80)70-68-66-64-62-60-58-56-54-52-50-48-46-44-33-31-29-27-25-23-21-19-17-15-13-11-9-7-2/h8-11,14-17,20-23,26-29,32-34,36-37,44,76H,6-7,12-13,18-19,24-25,30-31,35,38-43,45-75H2,1-5H3/b10-8-,11-9-,16-14-,17-15-,22-20-,23-21-,28-26-,29-27-,34-32-,37-36-,44-33-. The van der Waals surface area contributed by atoms with E-state index in [-0.39, 0.29) is 32.0 Å². The molecule has 0 fully saturated rings. The Hall–Kier alpha value is -3.85. The second kappa shape index (κ2) is 67.5. The number of nitrogens with zero attached hydrogens (tertiary/aromatic N) is 1. The number of allylic oxidation sites excluding steroid dienone is 22. The molecule has 0 aromatic heterocycles. The molecule has 0 N–H and O–H groups in total. The molecule has 0 radical (unpaired) electrons. The summed E-state index contributed by atoms with van der Waals surface area (Å²) in [7, 11) is 1.16. The van der Waals surface area contributed by atoms with Gasteiger partial charge in [0.15, 0.2) is 6.10 Å². The van der Waals surface area contributed by atoms with E-state index in [2.05, 4.69) is 148 Å². The highest BCUT2D eigenvalue weighted by atomic mass is 31.2. The molecule has 0 saturated heterocycles. The fourth-order valence-corrected chi connectivity index (χ4v) is 10.5. The molecule has 0 aliphatic heterocycles. The van der Waals surface area contributed by atoms with Crippen molar-refractivity contribution >= 4 is 19.8 Å². The highest BCUT2D eigenvalue weighted by Gasteiger charge is 2.22. The average Bonchev–Trinajstić information content (AvgIpc) is 3.68. The third-order valence-corrected chi connectivity index (χ3v) is 16.1. The van der Waals surface area contributed by atoms with E-state index < -0.39 is 26.5 Å². The van der Waals surface area contributed by atoms with Gasteiger partial charge in [0.2, 0.25) is 0 Å². The highest BCUT2D eigenvalue weighted by molar-refractivity contribution is 7.45. The lowest BCUT2D eigenvalue weighted by molar-refractivity contribution is -0.870. The summed E-state index contributed by atoms with van der Waals surface area (Å²) in [5.74, 6) is -0.833. The molecule has 0 amide bonds. The van der Waals surface area contributed by atoms with E-state index in [0.717, 1.165) is 122 Å². The van der Waals surface area contributed by atoms with Crippen LogP contribution in [-0.2, 0) is 32.7 Å². The van der Waals surface area contributed by atoms with Crippen LogP contribution in [0.25, 0.3) is 0 Å². The molecular weight excluding hydrogens is 1110 g/mol. The number of rotatable bonds is 65. The van der Waals surface area contributed by atoms with Gasteiger partial charge in [-0.1, -0.05) is 308 Å². The molecule has 2 atom stereocenters. The minimum absolute atomic E-state index is 0.0354. The Labute approximate surface area is 542 Å². The van der Waals surface area contributed by atoms with Crippen LogP contribution < -0.4 is 4.89 Å². The summed E-state index contributed by atoms with van der Waals surface area (Å²) in [4.78, 5) is 38.1. The first-order chi connectivity index (χ1) is 43.0. The predicted octanol–water partition coefficient (Wildman–Crippen LogP) is 23.0. The number of likely N-dealkylation sites (N-methyl/N-ethyl adjacent to an activating group) is 1. The zero-order chi connectivity index (χ0) is 64.1. The zero-order valence-corrected chi connectivity index (χ0v) is 58.3. The van der Waals surface area contributed by atoms with Crippen molar-refractivity contribution < 1.29 is 42.1 Å². The molecule has 0 spiro atoms. The first kappa shape index (κ1) is 84.2. The smallest absolute Gasteiger partial charge is 0.306 e. The first-order valence-electron chi connectivity index (χ1n) is 35.9. The van der Waals surface area contributed by atoms with E-state index in [4.69, 9.17) is 18.5 Å². The predicted molar refractivity (Wildman–Crippen MR) is 378 cm³/mol. The van der Waals surface area contributed by atoms with E-state index in [0.29, 0.717) is 17.4 Å². The topological polar surface area (TPSA) is 111 Å². The molecule has 10 heteroatoms. The number of carbonyl (C=O) groups excluding carboxylic acids is 2. The average molecular weight is 1240 g/mol. The maximum atomic E-state index is 12.9. The van der Waals surface area contributed by atoms with Crippen LogP contribution in [0.3, 0.4) is 0 Å². The van der Waals surface area contributed by atoms with E-state index >= 15 is 0 Å². The SMILES string of the molecule is CC/C=C\C/C=C\C/C=C\C/C=C\C/C=C\C/C=C\CCCCCCCCCCCCCCCCCCCCC(=O)OC(COC(=O)CCCCCCCCCCCCC/C=C\C/C=C\C/C=C\C/C=C\C/C=C\CC)COP(=O)([O-])OCC[N+](C)(C)C. The van der Waals surface area contributed by atoms with Crippen molar-refractivity contribution in [2.24, 2.45) is 0 Å². The van der Waals surface area contributed by atoms with Gasteiger partial charge >= 0.3 is 11.9 Å². The zero-order valence-electron chi connectivity index (χ0n) is 57.4. The number of carbonyl (C=O) groups is 2. The number of hydrogen-bond donors (Lipinski definition) is 0. The number of phosphoric acid groups is 1. The van der Waals surface area contributed by atoms with E-state index in [9.17, 15) is 19.0 Å². The Balaban J connectivity index is 4.03. The Morgan fingerprint density at radius 1 is 0.352 bits per heavy atom. The van der Waals surface area contributed by atoms with Crippen molar-refractivity contribution in [2.45, 2.75) is 302 Å². The van der Waals surface area contributed by atoms with Crippen LogP contribution in [-0.4, -0.2) is 70.0 Å². The molecule has 0 aromatic carbocycles. The molecule has 0 saturated carbocycles. The van der Waals surface area contributed by atoms with Gasteiger partial charge in [-0.3, -0.25) is 14.2 Å². The van der Waals surface area contributed by atoms with Crippen molar-refractivity contribution in [3.05, 3.63) is 134 Å². The van der Waals surface area contributed by atoms with E-state index in [1.165, 1.54) is 141 Å². The summed E-state index contributed by atoms with van der Waals surface area (Å²) >= 11 is 0. The molecule has 0 rings (SSSR count). The van der Waals surface area contributed by atoms with Crippen molar-refractivity contribution in [3.63, 3.8) is 0 Å². The lowest BCUT2D eigenvalue weighted by Crippen LogP contribution is -2.37. The molecule has 0 aliphatic rings. The number of unbranched alkanes of at least 4 members (excludes halogenated alkanes) is 29. The van der Waals surface area contributed by atoms with Gasteiger partial charge in [0.25, 0.3) is 7.82 Å². The van der Waals surface area contributed by atoms with Gasteiger partial charge in [-0.15, -0.1) is 0 Å². The van der Waals surface area contributed by atoms with Crippen molar-refractivity contribution in [1.29, 1.82) is 0 Å². The van der Waals surface area contributed by atoms with Crippen LogP contribution in [0.2, 0.25) is 0 Å². The van der Waals surface area contributed by atoms with Gasteiger partial charge in [-0.2, -0.15) is 0 Å². The third kappa shape index (κ3) is 71.2. The van der Waals surface area contributed by atoms with Crippen LogP contribution in [0.5, 0.6) is 0 Å². The van der Waals surface area contributed by atoms with Gasteiger partial charge in [0.1, 0.15) is 19.8 Å². The third-order valence-electron chi connectivity index (χ3n) is 15.2. The minimum Gasteiger partial charge on any atom is -0.756 e. The van der Waals surface area contributed by atoms with Gasteiger partial charge in [0, 0.05) is 12.8 Å². The molecule has 0 bridgehead atoms. The van der Waals surface area contributed by atoms with E-state index in [1.54, 1.807) is 0 Å². The maximum Gasteiger partial charge on any atom is 0.306 e. The fraction of sp³-hybridized carbons (Fsp3) is 0.692. The number of hydrogen-bond acceptors (Lipinski definition) is 8. The summed E-state index contributed by atoms with van der Waals surface area (Å²) in [5, 5.41) is 0. The Bertz CT molecular complexity index is 1950. The molecule has 504 valence electrons. The summed E-state index contributed by atoms with van der Waals surface area (Å²) in [6, 6.07) is 0. The van der Waals surface area contributed by atoms with Crippen molar-refractivity contribution in [3.8, 4) is 0 Å². The molecule has 9 nitrogen and oxygen atoms in total. The van der Waals surface area contributed by atoms with Crippen LogP contribution in [0.4, 0.5) is 0 Å². The second-order valence-electron chi connectivity index (χ2n) is 24.8. The highest BCUT2D eigenvalue weighted by Crippen LogP contribution is 2.38. The molecule has 2 unspecified atom stereocenters. The van der Waals surface area contributed by atoms with Gasteiger partial charge in [-0.05, 0) is 109 Å². The fourth-order valence-electron chi connectivity index (χ4n) is 9.75. The van der Waals surface area contributed by atoms with Gasteiger partial charge in [-0.25, -0.2) is 0 Å². The lowest BCUT2D eigenvalue weighted by atomic mass is 10.0. The normalized spacial score (nSPS) is 13.9. The molecule has 0 heterocycles. The minimum atomic E-state index is -4.65. The van der Waals surface area contributed by atoms with Crippen LogP contribution in [0.15, 0.2) is 134 Å². The second-order valence-corrected chi connectivity index (χ2v) is 26.2. The molecule has 0 aliphatic carbocycles. The summed E-state index contributed by atoms with van der Waals surface area (Å²) in [6.07, 6.45) is 98.2. The Kier molecular flexibility index (Phi) is 64.6. The van der Waals surface area contributed by atoms with Gasteiger partial charge < -0.3 is 27.9 Å². The molecule has 88 heavy (non-hydrogen) atoms. The lowest BCUT2D eigenvalue weighted by Gasteiger charge is -2.28. The summed E-state index contributed by atoms with van der Waals surface area (Å²) in [6.45, 7) is 4.03. The Morgan fingerprint density at radius 3 is 0.909 bits per heavy atom. The largest absolute Gasteiger partial charge is 0.756 e. The van der Waals surface area contributed by atoms with Gasteiger partial charge in [0.05, 0.1) is 27.7 Å². The van der Waals surface area contributed by atoms with Crippen LogP contribution in [0, 0.1) is 0 Å². The summed E-state index contributed by atoms with van der Waals surface area (Å²) in [5.41, 5.74) is 0. The Morgan fingerprint density at radius 2 is 0.614 bits per heavy atom. The quantitative estimate of drug-likeness (QED) is 0.0195. The van der Waals surface area contributed by atoms with Crippen molar-refractivity contribution in [1.82, 2.24) is 0 Å². The number of quaternary nitrogens is 1. The number of esters is 2. The first-order valence-corrected chi connectivity index (χ1v) is 37.4. The van der Waals surface area contributed by atoms with Crippen LogP contribution >= 0.6 is 7.82 Å². The van der Waals surface area contributed by atoms with E-state index in [1.807, 2.05) is 21.1 Å². The maximum absolute atomic E-state index is 12.9.